The first-order chi connectivity index (χ1) is 10.5. The van der Waals surface area contributed by atoms with E-state index in [1.54, 1.807) is 19.1 Å². The molecule has 0 spiro atoms. The van der Waals surface area contributed by atoms with Gasteiger partial charge < -0.3 is 20.6 Å². The van der Waals surface area contributed by atoms with E-state index in [4.69, 9.17) is 0 Å². The highest BCUT2D eigenvalue weighted by Gasteiger charge is 2.23. The summed E-state index contributed by atoms with van der Waals surface area (Å²) in [5.41, 5.74) is 0.296. The van der Waals surface area contributed by atoms with E-state index in [2.05, 4.69) is 10.6 Å². The Morgan fingerprint density at radius 1 is 1.41 bits per heavy atom. The van der Waals surface area contributed by atoms with Gasteiger partial charge in [0.15, 0.2) is 0 Å². The normalized spacial score (nSPS) is 17.2. The predicted octanol–water partition coefficient (Wildman–Crippen LogP) is 2.71. The molecule has 2 rings (SSSR count). The third kappa shape index (κ3) is 3.88. The minimum absolute atomic E-state index is 0.154. The minimum Gasteiger partial charge on any atom is -0.394 e. The van der Waals surface area contributed by atoms with E-state index in [1.807, 2.05) is 11.8 Å². The van der Waals surface area contributed by atoms with Crippen LogP contribution in [0, 0.1) is 5.82 Å². The van der Waals surface area contributed by atoms with Crippen LogP contribution in [0.3, 0.4) is 0 Å². The number of rotatable bonds is 5. The van der Waals surface area contributed by atoms with Crippen molar-refractivity contribution in [2.45, 2.75) is 38.6 Å². The van der Waals surface area contributed by atoms with Crippen LogP contribution in [0.15, 0.2) is 18.2 Å². The summed E-state index contributed by atoms with van der Waals surface area (Å²) in [7, 11) is 0. The first-order valence-corrected chi connectivity index (χ1v) is 7.72. The highest BCUT2D eigenvalue weighted by molar-refractivity contribution is 5.90. The van der Waals surface area contributed by atoms with Gasteiger partial charge in [0.05, 0.1) is 17.8 Å². The first kappa shape index (κ1) is 16.5. The third-order valence-electron chi connectivity index (χ3n) is 4.20. The molecule has 5 nitrogen and oxygen atoms in total. The maximum atomic E-state index is 14.2. The average molecular weight is 309 g/mol. The van der Waals surface area contributed by atoms with Crippen LogP contribution in [-0.4, -0.2) is 36.4 Å². The quantitative estimate of drug-likeness (QED) is 0.783. The molecule has 122 valence electrons. The van der Waals surface area contributed by atoms with Crippen LogP contribution < -0.4 is 15.5 Å². The number of aliphatic hydroxyl groups excluding tert-OH is 1. The van der Waals surface area contributed by atoms with Gasteiger partial charge in [-0.05, 0) is 44.4 Å². The summed E-state index contributed by atoms with van der Waals surface area (Å²) in [4.78, 5) is 13.9. The molecule has 0 radical (unpaired) electrons. The number of carbonyl (C=O) groups excluding carboxylic acids is 1. The number of carbonyl (C=O) groups is 1. The lowest BCUT2D eigenvalue weighted by atomic mass is 10.0. The van der Waals surface area contributed by atoms with E-state index in [0.29, 0.717) is 17.8 Å². The van der Waals surface area contributed by atoms with Gasteiger partial charge in [0.1, 0.15) is 5.82 Å². The highest BCUT2D eigenvalue weighted by atomic mass is 19.1. The Hall–Kier alpha value is -1.82. The number of urea groups is 1. The molecule has 1 fully saturated rings. The van der Waals surface area contributed by atoms with Crippen molar-refractivity contribution in [3.63, 3.8) is 0 Å². The molecule has 1 aromatic carbocycles. The maximum Gasteiger partial charge on any atom is 0.319 e. The number of nitrogens with zero attached hydrogens (tertiary/aromatic N) is 1. The molecule has 2 amide bonds. The topological polar surface area (TPSA) is 64.6 Å². The Balaban J connectivity index is 2.01. The molecule has 1 aromatic rings. The lowest BCUT2D eigenvalue weighted by Crippen LogP contribution is -2.50. The van der Waals surface area contributed by atoms with Crippen molar-refractivity contribution < 1.29 is 14.3 Å². The molecule has 1 saturated heterocycles. The van der Waals surface area contributed by atoms with Crippen molar-refractivity contribution in [1.29, 1.82) is 0 Å². The highest BCUT2D eigenvalue weighted by Crippen LogP contribution is 2.26. The summed E-state index contributed by atoms with van der Waals surface area (Å²) in [5, 5.41) is 14.6. The maximum absolute atomic E-state index is 14.2. The summed E-state index contributed by atoms with van der Waals surface area (Å²) in [6.45, 7) is 5.22. The number of aliphatic hydroxyl groups is 1. The van der Waals surface area contributed by atoms with Gasteiger partial charge in [0.2, 0.25) is 0 Å². The van der Waals surface area contributed by atoms with Crippen LogP contribution in [0.25, 0.3) is 0 Å². The lowest BCUT2D eigenvalue weighted by molar-refractivity contribution is 0.172. The molecule has 0 bridgehead atoms. The molecular weight excluding hydrogens is 285 g/mol. The Labute approximate surface area is 130 Å². The average Bonchev–Trinajstić information content (AvgIpc) is 3.01. The largest absolute Gasteiger partial charge is 0.394 e. The van der Waals surface area contributed by atoms with Crippen molar-refractivity contribution in [1.82, 2.24) is 5.32 Å². The number of hydrogen-bond donors (Lipinski definition) is 3. The van der Waals surface area contributed by atoms with E-state index in [1.165, 1.54) is 6.07 Å². The van der Waals surface area contributed by atoms with Crippen molar-refractivity contribution in [3.05, 3.63) is 24.0 Å². The monoisotopic (exact) mass is 309 g/mol. The minimum atomic E-state index is -0.682. The fraction of sp³-hybridized carbons (Fsp3) is 0.562. The van der Waals surface area contributed by atoms with Crippen molar-refractivity contribution in [2.75, 3.05) is 29.9 Å². The Morgan fingerprint density at radius 2 is 2.09 bits per heavy atom. The van der Waals surface area contributed by atoms with Crippen LogP contribution in [0.2, 0.25) is 0 Å². The predicted molar refractivity (Wildman–Crippen MR) is 85.8 cm³/mol. The van der Waals surface area contributed by atoms with Gasteiger partial charge in [-0.2, -0.15) is 0 Å². The van der Waals surface area contributed by atoms with E-state index in [-0.39, 0.29) is 12.4 Å². The van der Waals surface area contributed by atoms with Gasteiger partial charge in [-0.3, -0.25) is 0 Å². The molecule has 1 aliphatic heterocycles. The van der Waals surface area contributed by atoms with Crippen LogP contribution in [0.5, 0.6) is 0 Å². The molecule has 1 heterocycles. The molecule has 22 heavy (non-hydrogen) atoms. The van der Waals surface area contributed by atoms with E-state index in [0.717, 1.165) is 25.9 Å². The SMILES string of the molecule is CCC(C)(CO)NC(=O)Nc1ccc(N2CCCC2)c(F)c1. The van der Waals surface area contributed by atoms with Gasteiger partial charge in [-0.15, -0.1) is 0 Å². The van der Waals surface area contributed by atoms with Gasteiger partial charge in [-0.1, -0.05) is 6.92 Å². The van der Waals surface area contributed by atoms with Crippen LogP contribution in [-0.2, 0) is 0 Å². The number of nitrogens with one attached hydrogen (secondary N) is 2. The van der Waals surface area contributed by atoms with Crippen LogP contribution in [0.1, 0.15) is 33.1 Å². The molecule has 1 aliphatic rings. The van der Waals surface area contributed by atoms with Crippen molar-refractivity contribution in [3.8, 4) is 0 Å². The second kappa shape index (κ2) is 6.96. The van der Waals surface area contributed by atoms with E-state index in [9.17, 15) is 14.3 Å². The molecular formula is C16H24FN3O2. The van der Waals surface area contributed by atoms with Crippen molar-refractivity contribution >= 4 is 17.4 Å². The zero-order valence-electron chi connectivity index (χ0n) is 13.2. The molecule has 0 aliphatic carbocycles. The van der Waals surface area contributed by atoms with E-state index >= 15 is 0 Å². The first-order valence-electron chi connectivity index (χ1n) is 7.72. The summed E-state index contributed by atoms with van der Waals surface area (Å²) in [5.74, 6) is -0.333. The molecule has 0 aromatic heterocycles. The number of benzene rings is 1. The number of halogens is 1. The van der Waals surface area contributed by atoms with Crippen molar-refractivity contribution in [2.24, 2.45) is 0 Å². The third-order valence-corrected chi connectivity index (χ3v) is 4.20. The number of hydrogen-bond acceptors (Lipinski definition) is 3. The fourth-order valence-electron chi connectivity index (χ4n) is 2.48. The Morgan fingerprint density at radius 3 is 2.64 bits per heavy atom. The summed E-state index contributed by atoms with van der Waals surface area (Å²) >= 11 is 0. The smallest absolute Gasteiger partial charge is 0.319 e. The molecule has 1 unspecified atom stereocenters. The fourth-order valence-corrected chi connectivity index (χ4v) is 2.48. The summed E-state index contributed by atoms with van der Waals surface area (Å²) < 4.78 is 14.2. The number of anilines is 2. The Kier molecular flexibility index (Phi) is 5.24. The summed E-state index contributed by atoms with van der Waals surface area (Å²) in [6, 6.07) is 4.27. The van der Waals surface area contributed by atoms with Crippen LogP contribution >= 0.6 is 0 Å². The van der Waals surface area contributed by atoms with E-state index < -0.39 is 11.6 Å². The Bertz CT molecular complexity index is 526. The second-order valence-electron chi connectivity index (χ2n) is 6.01. The second-order valence-corrected chi connectivity index (χ2v) is 6.01. The van der Waals surface area contributed by atoms with Gasteiger partial charge in [0, 0.05) is 18.8 Å². The molecule has 0 saturated carbocycles. The van der Waals surface area contributed by atoms with Crippen LogP contribution in [0.4, 0.5) is 20.6 Å². The van der Waals surface area contributed by atoms with Gasteiger partial charge in [-0.25, -0.2) is 9.18 Å². The zero-order valence-corrected chi connectivity index (χ0v) is 13.2. The standard InChI is InChI=1S/C16H24FN3O2/c1-3-16(2,11-21)19-15(22)18-12-6-7-14(13(17)10-12)20-8-4-5-9-20/h6-7,10,21H,3-5,8-9,11H2,1-2H3,(H2,18,19,22). The lowest BCUT2D eigenvalue weighted by Gasteiger charge is -2.27. The number of amides is 2. The van der Waals surface area contributed by atoms with Gasteiger partial charge >= 0.3 is 6.03 Å². The molecule has 6 heteroatoms. The summed E-state index contributed by atoms with van der Waals surface area (Å²) in [6.07, 6.45) is 2.76. The molecule has 3 N–H and O–H groups in total. The molecule has 1 atom stereocenters. The zero-order chi connectivity index (χ0) is 16.2. The van der Waals surface area contributed by atoms with Gasteiger partial charge in [0.25, 0.3) is 0 Å².